The molecule has 0 saturated carbocycles. The van der Waals surface area contributed by atoms with Gasteiger partial charge in [-0.3, -0.25) is 5.32 Å². The number of amides is 1. The molecule has 0 aliphatic carbocycles. The molecule has 0 unspecified atom stereocenters. The summed E-state index contributed by atoms with van der Waals surface area (Å²) in [6.07, 6.45) is -1.19. The number of carboxylic acid groups (broad SMARTS) is 1. The van der Waals surface area contributed by atoms with Crippen LogP contribution in [0.2, 0.25) is 0 Å². The van der Waals surface area contributed by atoms with Crippen LogP contribution < -0.4 is 5.32 Å². The lowest BCUT2D eigenvalue weighted by Crippen LogP contribution is -2.08. The van der Waals surface area contributed by atoms with Crippen LogP contribution in [0, 0.1) is 0 Å². The molecular formula is C17H19NO4S3. The molecule has 0 spiro atoms. The summed E-state index contributed by atoms with van der Waals surface area (Å²) in [4.78, 5) is 12.9. The van der Waals surface area contributed by atoms with E-state index >= 15 is 0 Å². The molecule has 5 nitrogen and oxygen atoms in total. The van der Waals surface area contributed by atoms with Gasteiger partial charge in [0.2, 0.25) is 9.84 Å². The van der Waals surface area contributed by atoms with Crippen molar-refractivity contribution in [3.63, 3.8) is 0 Å². The van der Waals surface area contributed by atoms with Crippen molar-refractivity contribution in [1.82, 2.24) is 0 Å². The standard InChI is InChI=1S/C17H19NO4S3/c1-3-23-13-9-14(24-4-2)11-16(10-13)25(21,22)15-7-5-12(6-8-15)18-17(19)20/h5-11,18H,3-4H2,1-2H3,(H,19,20). The Morgan fingerprint density at radius 3 is 1.92 bits per heavy atom. The van der Waals surface area contributed by atoms with Gasteiger partial charge in [-0.1, -0.05) is 13.8 Å². The minimum atomic E-state index is -3.67. The summed E-state index contributed by atoms with van der Waals surface area (Å²) < 4.78 is 25.9. The predicted molar refractivity (Wildman–Crippen MR) is 103 cm³/mol. The average molecular weight is 398 g/mol. The molecule has 25 heavy (non-hydrogen) atoms. The summed E-state index contributed by atoms with van der Waals surface area (Å²) in [5.74, 6) is 1.71. The second-order valence-electron chi connectivity index (χ2n) is 4.96. The maximum Gasteiger partial charge on any atom is 0.409 e. The first-order chi connectivity index (χ1) is 11.9. The molecular weight excluding hydrogens is 378 g/mol. The quantitative estimate of drug-likeness (QED) is 0.651. The predicted octanol–water partition coefficient (Wildman–Crippen LogP) is 4.83. The van der Waals surface area contributed by atoms with Gasteiger partial charge in [0.15, 0.2) is 0 Å². The highest BCUT2D eigenvalue weighted by Gasteiger charge is 2.19. The summed E-state index contributed by atoms with van der Waals surface area (Å²) in [7, 11) is -3.67. The fraction of sp³-hybridized carbons (Fsp3) is 0.235. The van der Waals surface area contributed by atoms with Gasteiger partial charge >= 0.3 is 6.09 Å². The Kier molecular flexibility index (Phi) is 6.80. The smallest absolute Gasteiger partial charge is 0.409 e. The third-order valence-electron chi connectivity index (χ3n) is 3.20. The molecule has 0 heterocycles. The summed E-state index contributed by atoms with van der Waals surface area (Å²) in [6, 6.07) is 11.1. The summed E-state index contributed by atoms with van der Waals surface area (Å²) in [6.45, 7) is 4.04. The van der Waals surface area contributed by atoms with Gasteiger partial charge in [0.25, 0.3) is 0 Å². The first-order valence-corrected chi connectivity index (χ1v) is 11.1. The molecule has 0 aromatic heterocycles. The van der Waals surface area contributed by atoms with Crippen molar-refractivity contribution in [2.24, 2.45) is 0 Å². The summed E-state index contributed by atoms with van der Waals surface area (Å²) in [5, 5.41) is 10.9. The van der Waals surface area contributed by atoms with Gasteiger partial charge in [0, 0.05) is 15.5 Å². The van der Waals surface area contributed by atoms with E-state index in [1.165, 1.54) is 24.3 Å². The van der Waals surface area contributed by atoms with E-state index in [0.29, 0.717) is 5.69 Å². The van der Waals surface area contributed by atoms with Crippen molar-refractivity contribution in [3.8, 4) is 0 Å². The highest BCUT2D eigenvalue weighted by atomic mass is 32.2. The molecule has 0 fully saturated rings. The van der Waals surface area contributed by atoms with Crippen LogP contribution in [0.1, 0.15) is 13.8 Å². The Balaban J connectivity index is 2.42. The molecule has 0 aliphatic heterocycles. The molecule has 2 aromatic carbocycles. The van der Waals surface area contributed by atoms with E-state index in [4.69, 9.17) is 5.11 Å². The largest absolute Gasteiger partial charge is 0.465 e. The van der Waals surface area contributed by atoms with Crippen LogP contribution in [-0.4, -0.2) is 31.1 Å². The van der Waals surface area contributed by atoms with Crippen LogP contribution in [-0.2, 0) is 9.84 Å². The number of sulfone groups is 1. The van der Waals surface area contributed by atoms with Crippen molar-refractivity contribution in [2.45, 2.75) is 33.4 Å². The van der Waals surface area contributed by atoms with E-state index < -0.39 is 15.9 Å². The molecule has 0 radical (unpaired) electrons. The zero-order valence-electron chi connectivity index (χ0n) is 13.9. The molecule has 8 heteroatoms. The molecule has 2 N–H and O–H groups in total. The number of nitrogens with one attached hydrogen (secondary N) is 1. The van der Waals surface area contributed by atoms with Crippen molar-refractivity contribution in [1.29, 1.82) is 0 Å². The van der Waals surface area contributed by atoms with Crippen molar-refractivity contribution < 1.29 is 18.3 Å². The van der Waals surface area contributed by atoms with E-state index in [-0.39, 0.29) is 9.79 Å². The van der Waals surface area contributed by atoms with Gasteiger partial charge in [-0.05, 0) is 54.0 Å². The van der Waals surface area contributed by atoms with Gasteiger partial charge < -0.3 is 5.11 Å². The Morgan fingerprint density at radius 1 is 0.960 bits per heavy atom. The molecule has 1 amide bonds. The maximum absolute atomic E-state index is 12.9. The molecule has 134 valence electrons. The van der Waals surface area contributed by atoms with Gasteiger partial charge in [0.1, 0.15) is 0 Å². The zero-order chi connectivity index (χ0) is 18.4. The van der Waals surface area contributed by atoms with E-state index in [2.05, 4.69) is 5.32 Å². The molecule has 2 rings (SSSR count). The van der Waals surface area contributed by atoms with Crippen molar-refractivity contribution in [3.05, 3.63) is 42.5 Å². The Bertz CT molecular complexity index is 824. The minimum absolute atomic E-state index is 0.134. The highest BCUT2D eigenvalue weighted by molar-refractivity contribution is 8.00. The van der Waals surface area contributed by atoms with E-state index in [1.54, 1.807) is 35.7 Å². The second-order valence-corrected chi connectivity index (χ2v) is 9.59. The summed E-state index contributed by atoms with van der Waals surface area (Å²) >= 11 is 3.19. The molecule has 0 saturated heterocycles. The molecule has 0 atom stereocenters. The Labute approximate surface area is 156 Å². The third kappa shape index (κ3) is 5.17. The number of hydrogen-bond donors (Lipinski definition) is 2. The van der Waals surface area contributed by atoms with Gasteiger partial charge in [-0.15, -0.1) is 23.5 Å². The fourth-order valence-corrected chi connectivity index (χ4v) is 5.24. The van der Waals surface area contributed by atoms with Crippen LogP contribution >= 0.6 is 23.5 Å². The van der Waals surface area contributed by atoms with Crippen molar-refractivity contribution in [2.75, 3.05) is 16.8 Å². The Hall–Kier alpha value is -1.64. The van der Waals surface area contributed by atoms with E-state index in [9.17, 15) is 13.2 Å². The lowest BCUT2D eigenvalue weighted by molar-refractivity contribution is 0.209. The lowest BCUT2D eigenvalue weighted by Gasteiger charge is -2.10. The van der Waals surface area contributed by atoms with E-state index in [0.717, 1.165) is 21.3 Å². The van der Waals surface area contributed by atoms with Crippen molar-refractivity contribution >= 4 is 45.1 Å². The first kappa shape index (κ1) is 19.7. The SMILES string of the molecule is CCSc1cc(SCC)cc(S(=O)(=O)c2ccc(NC(=O)O)cc2)c1. The molecule has 2 aromatic rings. The van der Waals surface area contributed by atoms with Crippen LogP contribution in [0.25, 0.3) is 0 Å². The van der Waals surface area contributed by atoms with Crippen LogP contribution in [0.3, 0.4) is 0 Å². The van der Waals surface area contributed by atoms with Gasteiger partial charge in [0.05, 0.1) is 9.79 Å². The van der Waals surface area contributed by atoms with E-state index in [1.807, 2.05) is 19.9 Å². The van der Waals surface area contributed by atoms with Gasteiger partial charge in [-0.2, -0.15) is 0 Å². The lowest BCUT2D eigenvalue weighted by atomic mass is 10.3. The fourth-order valence-electron chi connectivity index (χ4n) is 2.18. The minimum Gasteiger partial charge on any atom is -0.465 e. The number of carbonyl (C=O) groups is 1. The zero-order valence-corrected chi connectivity index (χ0v) is 16.3. The second kappa shape index (κ2) is 8.64. The van der Waals surface area contributed by atoms with Gasteiger partial charge in [-0.25, -0.2) is 13.2 Å². The number of thioether (sulfide) groups is 2. The third-order valence-corrected chi connectivity index (χ3v) is 6.67. The van der Waals surface area contributed by atoms with Crippen LogP contribution in [0.4, 0.5) is 10.5 Å². The summed E-state index contributed by atoms with van der Waals surface area (Å²) in [5.41, 5.74) is 0.323. The maximum atomic E-state index is 12.9. The average Bonchev–Trinajstić information content (AvgIpc) is 2.55. The first-order valence-electron chi connectivity index (χ1n) is 7.62. The topological polar surface area (TPSA) is 83.5 Å². The Morgan fingerprint density at radius 2 is 1.48 bits per heavy atom. The number of rotatable bonds is 7. The number of benzene rings is 2. The highest BCUT2D eigenvalue weighted by Crippen LogP contribution is 2.31. The normalized spacial score (nSPS) is 11.3. The van der Waals surface area contributed by atoms with Crippen LogP contribution in [0.5, 0.6) is 0 Å². The number of hydrogen-bond acceptors (Lipinski definition) is 5. The molecule has 0 bridgehead atoms. The number of anilines is 1. The molecule has 0 aliphatic rings. The monoisotopic (exact) mass is 397 g/mol. The van der Waals surface area contributed by atoms with Crippen LogP contribution in [0.15, 0.2) is 62.0 Å².